The number of rotatable bonds is 16. The molecule has 0 unspecified atom stereocenters. The van der Waals surface area contributed by atoms with E-state index in [1.165, 1.54) is 85.7 Å². The molecule has 0 saturated heterocycles. The van der Waals surface area contributed by atoms with E-state index >= 15 is 8.78 Å². The second-order valence-electron chi connectivity index (χ2n) is 23.4. The molecule has 0 saturated carbocycles. The minimum absolute atomic E-state index is 0. The van der Waals surface area contributed by atoms with Crippen molar-refractivity contribution in [2.75, 3.05) is 63.1 Å². The molecule has 0 spiro atoms. The van der Waals surface area contributed by atoms with E-state index in [9.17, 15) is 29.6 Å². The zero-order valence-corrected chi connectivity index (χ0v) is 63.8. The molecule has 0 amide bonds. The highest BCUT2D eigenvalue weighted by Gasteiger charge is 2.31. The molecule has 528 valence electrons. The SMILES string of the molecule is CC(C)(C)c1nc(-c2cccc(N)c2F)c(-c2ccnc(Cl)n2)s1.CCN(C)S(=O)(=O)Cl.CCN(C)S(=O)(=O)Nc1cccc(-c2nc(C(C)(C)C)sc2-c2ccnc(Cl)n2)c1F.CCN(C)S(=O)(=O)Nc1cccc(-c2nc(C(C)(C)C)sc2-c2ccnc(Cl)n2)c1F.CO.N. The minimum Gasteiger partial charge on any atom is -0.400 e. The van der Waals surface area contributed by atoms with E-state index in [4.69, 9.17) is 66.3 Å². The van der Waals surface area contributed by atoms with Gasteiger partial charge in [-0.05, 0) is 89.4 Å². The summed E-state index contributed by atoms with van der Waals surface area (Å²) >= 11 is 22.1. The summed E-state index contributed by atoms with van der Waals surface area (Å²) < 4.78 is 123. The molecule has 3 aromatic carbocycles. The van der Waals surface area contributed by atoms with E-state index in [0.717, 1.165) is 39.9 Å². The van der Waals surface area contributed by atoms with E-state index in [-0.39, 0.29) is 79.5 Å². The summed E-state index contributed by atoms with van der Waals surface area (Å²) in [5.41, 5.74) is 8.32. The molecule has 0 atom stereocenters. The average molecular weight is 1540 g/mol. The lowest BCUT2D eigenvalue weighted by Gasteiger charge is -2.17. The first kappa shape index (κ1) is 83.2. The fraction of sp³-hybridized carbons (Fsp3) is 0.361. The highest BCUT2D eigenvalue weighted by atomic mass is 35.7. The number of nitrogens with zero attached hydrogens (tertiary/aromatic N) is 12. The third kappa shape index (κ3) is 21.9. The molecule has 36 heteroatoms. The summed E-state index contributed by atoms with van der Waals surface area (Å²) in [5.74, 6) is -1.92. The number of nitrogens with two attached hydrogens (primary N) is 1. The van der Waals surface area contributed by atoms with Crippen LogP contribution in [0.3, 0.4) is 0 Å². The van der Waals surface area contributed by atoms with Crippen molar-refractivity contribution in [2.45, 2.75) is 99.3 Å². The molecule has 9 aromatic rings. The van der Waals surface area contributed by atoms with Crippen LogP contribution in [-0.2, 0) is 45.9 Å². The van der Waals surface area contributed by atoms with E-state index in [0.29, 0.717) is 56.0 Å². The number of anilines is 3. The Morgan fingerprint density at radius 2 is 0.753 bits per heavy atom. The third-order valence-electron chi connectivity index (χ3n) is 13.2. The summed E-state index contributed by atoms with van der Waals surface area (Å²) in [4.78, 5) is 40.5. The first-order valence-electron chi connectivity index (χ1n) is 28.8. The van der Waals surface area contributed by atoms with Gasteiger partial charge in [0, 0.05) is 110 Å². The molecular formula is C61H77Cl4F3N16O7S6. The number of nitrogen functional groups attached to an aromatic ring is 1. The largest absolute Gasteiger partial charge is 0.400 e. The van der Waals surface area contributed by atoms with Gasteiger partial charge in [0.15, 0.2) is 17.5 Å². The number of hydrogen-bond donors (Lipinski definition) is 5. The van der Waals surface area contributed by atoms with Crippen LogP contribution in [0, 0.1) is 17.5 Å². The van der Waals surface area contributed by atoms with Crippen molar-refractivity contribution in [1.82, 2.24) is 63.9 Å². The molecule has 0 bridgehead atoms. The lowest BCUT2D eigenvalue weighted by Crippen LogP contribution is -2.32. The lowest BCUT2D eigenvalue weighted by atomic mass is 9.98. The number of thiazole rings is 3. The number of benzene rings is 3. The van der Waals surface area contributed by atoms with Gasteiger partial charge in [-0.2, -0.15) is 38.2 Å². The standard InChI is InChI=1S/2C20H23ClFN5O2S2.C17H16ClFN4S.C3H8ClNO2S.CH4O.H3N/c2*1-6-27(5)31(28,29)26-13-9-7-8-12(15(13)22)16-17(14-10-11-23-19(21)24-14)30-18(25-16)20(2,3)4;1-17(2,3)15-23-13(9-5-4-6-10(20)12(9)19)14(24-15)11-7-8-21-16(18)22-11;1-3-5(2)8(4,6)7;1-2;/h2*7-11,26H,6H2,1-5H3;4-8H,20H2,1-3H3;3H2,1-2H3;2H,1H3;1H3. The van der Waals surface area contributed by atoms with Gasteiger partial charge in [-0.1, -0.05) is 101 Å². The van der Waals surface area contributed by atoms with E-state index in [2.05, 4.69) is 65.1 Å². The Bertz CT molecular complexity index is 4330. The zero-order valence-electron chi connectivity index (χ0n) is 55.9. The van der Waals surface area contributed by atoms with Gasteiger partial charge in [-0.3, -0.25) is 9.44 Å². The molecule has 23 nitrogen and oxygen atoms in total. The Balaban J connectivity index is 0.000000289. The molecule has 0 aliphatic rings. The van der Waals surface area contributed by atoms with Crippen LogP contribution in [0.25, 0.3) is 65.5 Å². The lowest BCUT2D eigenvalue weighted by molar-refractivity contribution is 0.399. The van der Waals surface area contributed by atoms with Crippen molar-refractivity contribution in [3.8, 4) is 65.5 Å². The second-order valence-corrected chi connectivity index (χ2v) is 33.6. The maximum absolute atomic E-state index is 15.5. The van der Waals surface area contributed by atoms with E-state index in [1.807, 2.05) is 41.5 Å². The Kier molecular flexibility index (Phi) is 29.8. The van der Waals surface area contributed by atoms with E-state index in [1.54, 1.807) is 81.6 Å². The monoisotopic (exact) mass is 1530 g/mol. The summed E-state index contributed by atoms with van der Waals surface area (Å²) in [5, 5.41) is 9.71. The molecule has 0 aliphatic heterocycles. The van der Waals surface area contributed by atoms with Gasteiger partial charge in [0.1, 0.15) is 0 Å². The fourth-order valence-corrected chi connectivity index (χ4v) is 13.9. The van der Waals surface area contributed by atoms with Crippen LogP contribution >= 0.6 is 79.5 Å². The molecule has 97 heavy (non-hydrogen) atoms. The first-order chi connectivity index (χ1) is 44.6. The zero-order chi connectivity index (χ0) is 72.2. The van der Waals surface area contributed by atoms with Gasteiger partial charge >= 0.3 is 20.4 Å². The Labute approximate surface area is 596 Å². The minimum atomic E-state index is -3.88. The molecule has 9 rings (SSSR count). The topological polar surface area (TPSA) is 333 Å². The highest BCUT2D eigenvalue weighted by Crippen LogP contribution is 2.45. The number of aliphatic hydroxyl groups is 1. The summed E-state index contributed by atoms with van der Waals surface area (Å²) in [6, 6.07) is 19.0. The molecule has 8 N–H and O–H groups in total. The van der Waals surface area contributed by atoms with Crippen LogP contribution in [0.1, 0.15) is 98.1 Å². The highest BCUT2D eigenvalue weighted by molar-refractivity contribution is 8.11. The predicted octanol–water partition coefficient (Wildman–Crippen LogP) is 15.1. The Hall–Kier alpha value is -6.21. The summed E-state index contributed by atoms with van der Waals surface area (Å²) in [6.45, 7) is 24.2. The number of aliphatic hydroxyl groups excluding tert-OH is 1. The first-order valence-corrected chi connectivity index (χ1v) is 37.6. The molecule has 6 heterocycles. The summed E-state index contributed by atoms with van der Waals surface area (Å²) in [6.07, 6.45) is 4.61. The fourth-order valence-electron chi connectivity index (χ4n) is 7.62. The maximum Gasteiger partial charge on any atom is 0.301 e. The van der Waals surface area contributed by atoms with Gasteiger partial charge in [0.2, 0.25) is 15.9 Å². The molecule has 6 aromatic heterocycles. The van der Waals surface area contributed by atoms with Crippen LogP contribution in [-0.4, -0.2) is 136 Å². The molecule has 0 fully saturated rings. The van der Waals surface area contributed by atoms with Crippen LogP contribution in [0.2, 0.25) is 15.9 Å². The van der Waals surface area contributed by atoms with Gasteiger partial charge in [-0.25, -0.2) is 58.0 Å². The van der Waals surface area contributed by atoms with Crippen molar-refractivity contribution in [3.63, 3.8) is 0 Å². The summed E-state index contributed by atoms with van der Waals surface area (Å²) in [7, 11) is -1.09. The number of nitrogens with one attached hydrogen (secondary N) is 2. The maximum atomic E-state index is 15.5. The van der Waals surface area contributed by atoms with Crippen LogP contribution in [0.4, 0.5) is 30.2 Å². The van der Waals surface area contributed by atoms with Crippen LogP contribution < -0.4 is 21.3 Å². The van der Waals surface area contributed by atoms with E-state index < -0.39 is 47.1 Å². The quantitative estimate of drug-likeness (QED) is 0.0341. The predicted molar refractivity (Wildman–Crippen MR) is 389 cm³/mol. The average Bonchev–Trinajstić information content (AvgIpc) is 1.64. The van der Waals surface area contributed by atoms with Crippen LogP contribution in [0.15, 0.2) is 91.4 Å². The van der Waals surface area contributed by atoms with Crippen molar-refractivity contribution < 1.29 is 43.5 Å². The van der Waals surface area contributed by atoms with Crippen molar-refractivity contribution in [3.05, 3.63) is 140 Å². The Morgan fingerprint density at radius 3 is 1.00 bits per heavy atom. The van der Waals surface area contributed by atoms with Gasteiger partial charge in [0.05, 0.1) is 80.9 Å². The molecule has 0 radical (unpaired) electrons. The molecule has 0 aliphatic carbocycles. The smallest absolute Gasteiger partial charge is 0.301 e. The number of hydrogen-bond acceptors (Lipinski definition) is 21. The van der Waals surface area contributed by atoms with Crippen molar-refractivity contribution in [1.29, 1.82) is 0 Å². The van der Waals surface area contributed by atoms with Gasteiger partial charge in [0.25, 0.3) is 9.24 Å². The normalized spacial score (nSPS) is 11.9. The Morgan fingerprint density at radius 1 is 0.474 bits per heavy atom. The molecular weight excluding hydrogens is 1460 g/mol. The number of aromatic nitrogens is 9. The van der Waals surface area contributed by atoms with Gasteiger partial charge in [-0.15, -0.1) is 34.0 Å². The van der Waals surface area contributed by atoms with Crippen molar-refractivity contribution >= 4 is 126 Å². The van der Waals surface area contributed by atoms with Crippen molar-refractivity contribution in [2.24, 2.45) is 0 Å². The second kappa shape index (κ2) is 34.7. The van der Waals surface area contributed by atoms with Gasteiger partial charge < -0.3 is 17.0 Å². The number of halogens is 7. The third-order valence-corrected chi connectivity index (χ3v) is 23.1. The van der Waals surface area contributed by atoms with Crippen LogP contribution in [0.5, 0.6) is 0 Å².